The molecule has 2 amide bonds. The van der Waals surface area contributed by atoms with Crippen molar-refractivity contribution in [2.75, 3.05) is 11.6 Å². The maximum absolute atomic E-state index is 12.7. The van der Waals surface area contributed by atoms with E-state index >= 15 is 0 Å². The number of amides is 2. The second kappa shape index (κ2) is 8.44. The van der Waals surface area contributed by atoms with Crippen LogP contribution in [0.5, 0.6) is 0 Å². The fourth-order valence-corrected chi connectivity index (χ4v) is 5.67. The minimum Gasteiger partial charge on any atom is -0.349 e. The van der Waals surface area contributed by atoms with Crippen molar-refractivity contribution >= 4 is 34.9 Å². The molecule has 0 spiro atoms. The van der Waals surface area contributed by atoms with Gasteiger partial charge in [-0.15, -0.1) is 23.1 Å². The number of aromatic nitrogens is 1. The fourth-order valence-electron chi connectivity index (χ4n) is 3.68. The molecule has 1 aromatic carbocycles. The Labute approximate surface area is 167 Å². The van der Waals surface area contributed by atoms with Gasteiger partial charge in [0.15, 0.2) is 0 Å². The summed E-state index contributed by atoms with van der Waals surface area (Å²) in [6, 6.07) is 9.68. The Kier molecular flexibility index (Phi) is 5.78. The molecular formula is C20H23N3O2S2. The average molecular weight is 402 g/mol. The van der Waals surface area contributed by atoms with E-state index in [0.717, 1.165) is 41.9 Å². The van der Waals surface area contributed by atoms with Gasteiger partial charge in [-0.1, -0.05) is 43.2 Å². The van der Waals surface area contributed by atoms with Gasteiger partial charge in [0.05, 0.1) is 18.1 Å². The van der Waals surface area contributed by atoms with Crippen LogP contribution in [0.4, 0.5) is 0 Å². The van der Waals surface area contributed by atoms with E-state index in [1.165, 1.54) is 0 Å². The number of carbonyl (C=O) groups excluding carboxylic acids is 2. The van der Waals surface area contributed by atoms with Crippen LogP contribution in [-0.2, 0) is 16.1 Å². The molecule has 142 valence electrons. The molecule has 5 nitrogen and oxygen atoms in total. The largest absolute Gasteiger partial charge is 0.349 e. The number of nitrogens with one attached hydrogen (secondary N) is 1. The maximum atomic E-state index is 12.7. The number of hydrogen-bond acceptors (Lipinski definition) is 5. The van der Waals surface area contributed by atoms with Gasteiger partial charge in [0.1, 0.15) is 11.0 Å². The van der Waals surface area contributed by atoms with Gasteiger partial charge >= 0.3 is 0 Å². The summed E-state index contributed by atoms with van der Waals surface area (Å²) < 4.78 is 0. The number of thiazole rings is 1. The molecule has 1 aliphatic carbocycles. The summed E-state index contributed by atoms with van der Waals surface area (Å²) in [5, 5.41) is 5.91. The molecule has 0 bridgehead atoms. The van der Waals surface area contributed by atoms with Crippen molar-refractivity contribution < 1.29 is 9.59 Å². The fraction of sp³-hybridized carbons (Fsp3) is 0.450. The van der Waals surface area contributed by atoms with Gasteiger partial charge in [-0.3, -0.25) is 9.59 Å². The Hall–Kier alpha value is -1.86. The standard InChI is InChI=1S/C20H23N3O2S2/c24-18(17-12-26-13-23(17)20(25)15-8-4-5-9-15)21-10-16-11-27-19(22-16)14-6-2-1-3-7-14/h1-3,6-7,11,15,17H,4-5,8-10,12-13H2,(H,21,24)/t17-/m1/s1. The van der Waals surface area contributed by atoms with Gasteiger partial charge in [0.2, 0.25) is 11.8 Å². The van der Waals surface area contributed by atoms with E-state index < -0.39 is 0 Å². The van der Waals surface area contributed by atoms with Crippen LogP contribution in [0.2, 0.25) is 0 Å². The molecule has 1 aromatic heterocycles. The highest BCUT2D eigenvalue weighted by Gasteiger charge is 2.38. The summed E-state index contributed by atoms with van der Waals surface area (Å²) in [4.78, 5) is 31.8. The van der Waals surface area contributed by atoms with Crippen molar-refractivity contribution in [1.29, 1.82) is 0 Å². The van der Waals surface area contributed by atoms with E-state index in [1.54, 1.807) is 28.0 Å². The monoisotopic (exact) mass is 401 g/mol. The lowest BCUT2D eigenvalue weighted by Crippen LogP contribution is -2.48. The van der Waals surface area contributed by atoms with Crippen LogP contribution >= 0.6 is 23.1 Å². The zero-order chi connectivity index (χ0) is 18.6. The van der Waals surface area contributed by atoms with Gasteiger partial charge in [-0.05, 0) is 12.8 Å². The lowest BCUT2D eigenvalue weighted by atomic mass is 10.1. The lowest BCUT2D eigenvalue weighted by molar-refractivity contribution is -0.141. The smallest absolute Gasteiger partial charge is 0.244 e. The van der Waals surface area contributed by atoms with E-state index in [-0.39, 0.29) is 23.8 Å². The Morgan fingerprint density at radius 2 is 1.96 bits per heavy atom. The number of rotatable bonds is 5. The average Bonchev–Trinajstić information content (AvgIpc) is 3.47. The van der Waals surface area contributed by atoms with Crippen LogP contribution in [0.25, 0.3) is 10.6 Å². The first-order chi connectivity index (χ1) is 13.2. The van der Waals surface area contributed by atoms with Crippen LogP contribution in [0.15, 0.2) is 35.7 Å². The first-order valence-electron chi connectivity index (χ1n) is 9.38. The Morgan fingerprint density at radius 1 is 1.19 bits per heavy atom. The second-order valence-electron chi connectivity index (χ2n) is 7.03. The summed E-state index contributed by atoms with van der Waals surface area (Å²) in [7, 11) is 0. The molecule has 0 radical (unpaired) electrons. The van der Waals surface area contributed by atoms with Gasteiger partial charge in [0, 0.05) is 22.6 Å². The summed E-state index contributed by atoms with van der Waals surface area (Å²) in [6.07, 6.45) is 4.19. The highest BCUT2D eigenvalue weighted by Crippen LogP contribution is 2.31. The van der Waals surface area contributed by atoms with E-state index in [9.17, 15) is 9.59 Å². The first kappa shape index (κ1) is 18.5. The van der Waals surface area contributed by atoms with Gasteiger partial charge < -0.3 is 10.2 Å². The van der Waals surface area contributed by atoms with Crippen LogP contribution in [0.3, 0.4) is 0 Å². The molecule has 1 atom stereocenters. The highest BCUT2D eigenvalue weighted by atomic mass is 32.2. The van der Waals surface area contributed by atoms with E-state index in [0.29, 0.717) is 18.2 Å². The molecule has 1 aliphatic heterocycles. The van der Waals surface area contributed by atoms with Gasteiger partial charge in [0.25, 0.3) is 0 Å². The van der Waals surface area contributed by atoms with E-state index in [2.05, 4.69) is 10.3 Å². The number of carbonyl (C=O) groups is 2. The quantitative estimate of drug-likeness (QED) is 0.833. The number of thioether (sulfide) groups is 1. The molecule has 2 fully saturated rings. The molecule has 2 heterocycles. The molecule has 1 saturated heterocycles. The van der Waals surface area contributed by atoms with Gasteiger partial charge in [-0.2, -0.15) is 0 Å². The van der Waals surface area contributed by atoms with Crippen molar-refractivity contribution in [3.63, 3.8) is 0 Å². The predicted molar refractivity (Wildman–Crippen MR) is 109 cm³/mol. The van der Waals surface area contributed by atoms with Crippen molar-refractivity contribution in [2.45, 2.75) is 38.3 Å². The third kappa shape index (κ3) is 4.19. The zero-order valence-electron chi connectivity index (χ0n) is 15.1. The number of nitrogens with zero attached hydrogens (tertiary/aromatic N) is 2. The SMILES string of the molecule is O=C(NCc1csc(-c2ccccc2)n1)[C@H]1CSCN1C(=O)C1CCCC1. The Morgan fingerprint density at radius 3 is 2.74 bits per heavy atom. The van der Waals surface area contributed by atoms with Crippen LogP contribution < -0.4 is 5.32 Å². The predicted octanol–water partition coefficient (Wildman–Crippen LogP) is 3.52. The van der Waals surface area contributed by atoms with E-state index in [1.807, 2.05) is 35.7 Å². The van der Waals surface area contributed by atoms with Crippen molar-refractivity contribution in [2.24, 2.45) is 5.92 Å². The first-order valence-corrected chi connectivity index (χ1v) is 11.4. The molecule has 27 heavy (non-hydrogen) atoms. The third-order valence-corrected chi connectivity index (χ3v) is 7.14. The molecule has 2 aromatic rings. The normalized spacial score (nSPS) is 20.1. The molecule has 4 rings (SSSR count). The topological polar surface area (TPSA) is 62.3 Å². The molecule has 1 saturated carbocycles. The Balaban J connectivity index is 1.35. The minimum atomic E-state index is -0.352. The number of hydrogen-bond donors (Lipinski definition) is 1. The second-order valence-corrected chi connectivity index (χ2v) is 8.89. The van der Waals surface area contributed by atoms with Gasteiger partial charge in [-0.25, -0.2) is 4.98 Å². The van der Waals surface area contributed by atoms with Crippen molar-refractivity contribution in [3.05, 3.63) is 41.4 Å². The lowest BCUT2D eigenvalue weighted by Gasteiger charge is -2.25. The highest BCUT2D eigenvalue weighted by molar-refractivity contribution is 7.99. The molecular weight excluding hydrogens is 378 g/mol. The molecule has 1 N–H and O–H groups in total. The van der Waals surface area contributed by atoms with Crippen LogP contribution in [0.1, 0.15) is 31.4 Å². The summed E-state index contributed by atoms with van der Waals surface area (Å²) >= 11 is 3.24. The summed E-state index contributed by atoms with van der Waals surface area (Å²) in [5.74, 6) is 1.52. The molecule has 0 unspecified atom stereocenters. The number of benzene rings is 1. The van der Waals surface area contributed by atoms with Crippen LogP contribution in [0, 0.1) is 5.92 Å². The molecule has 2 aliphatic rings. The minimum absolute atomic E-state index is 0.0689. The summed E-state index contributed by atoms with van der Waals surface area (Å²) in [5.41, 5.74) is 1.94. The van der Waals surface area contributed by atoms with Crippen molar-refractivity contribution in [1.82, 2.24) is 15.2 Å². The van der Waals surface area contributed by atoms with E-state index in [4.69, 9.17) is 0 Å². The zero-order valence-corrected chi connectivity index (χ0v) is 16.7. The van der Waals surface area contributed by atoms with Crippen LogP contribution in [-0.4, -0.2) is 39.4 Å². The van der Waals surface area contributed by atoms with Crippen molar-refractivity contribution in [3.8, 4) is 10.6 Å². The summed E-state index contributed by atoms with van der Waals surface area (Å²) in [6.45, 7) is 0.398. The molecule has 7 heteroatoms. The third-order valence-electron chi connectivity index (χ3n) is 5.19. The maximum Gasteiger partial charge on any atom is 0.244 e. The Bertz CT molecular complexity index is 803.